The molecule has 2 aromatic heterocycles. The maximum Gasteiger partial charge on any atom is 0.171 e. The van der Waals surface area contributed by atoms with E-state index in [0.29, 0.717) is 0 Å². The Hall–Kier alpha value is -5.76. The first kappa shape index (κ1) is 27.5. The third-order valence-corrected chi connectivity index (χ3v) is 12.2. The first-order chi connectivity index (χ1) is 23.2. The minimum absolute atomic E-state index is 0.795. The van der Waals surface area contributed by atoms with Gasteiger partial charge in [-0.3, -0.25) is 0 Å². The second-order valence-electron chi connectivity index (χ2n) is 11.9. The van der Waals surface area contributed by atoms with Crippen molar-refractivity contribution in [3.8, 4) is 22.4 Å². The van der Waals surface area contributed by atoms with E-state index in [1.54, 1.807) is 0 Å². The van der Waals surface area contributed by atoms with E-state index in [0.717, 1.165) is 81.9 Å². The number of fused-ring (bicyclic) bond motifs is 7. The summed E-state index contributed by atoms with van der Waals surface area (Å²) in [5.74, 6) is 0. The van der Waals surface area contributed by atoms with Crippen LogP contribution in [0.2, 0.25) is 0 Å². The van der Waals surface area contributed by atoms with Gasteiger partial charge in [0.05, 0.1) is 5.52 Å². The zero-order valence-corrected chi connectivity index (χ0v) is 26.3. The normalized spacial score (nSPS) is 11.9. The number of pyridine rings is 1. The summed E-state index contributed by atoms with van der Waals surface area (Å²) in [4.78, 5) is 5.27. The van der Waals surface area contributed by atoms with Gasteiger partial charge >= 0.3 is 0 Å². The van der Waals surface area contributed by atoms with E-state index in [9.17, 15) is 4.57 Å². The summed E-state index contributed by atoms with van der Waals surface area (Å²) >= 11 is 0. The highest BCUT2D eigenvalue weighted by Gasteiger charge is 2.29. The summed E-state index contributed by atoms with van der Waals surface area (Å²) in [6.07, 6.45) is 0. The molecule has 0 aliphatic heterocycles. The monoisotopic (exact) mass is 621 g/mol. The smallest absolute Gasteiger partial charge is 0.171 e. The van der Waals surface area contributed by atoms with E-state index < -0.39 is 7.14 Å². The molecule has 0 spiro atoms. The molecule has 0 saturated heterocycles. The van der Waals surface area contributed by atoms with E-state index in [2.05, 4.69) is 84.9 Å². The lowest BCUT2D eigenvalue weighted by Crippen LogP contribution is -2.24. The topological polar surface area (TPSA) is 43.1 Å². The van der Waals surface area contributed by atoms with Crippen LogP contribution in [0, 0.1) is 0 Å². The van der Waals surface area contributed by atoms with Crippen LogP contribution < -0.4 is 15.9 Å². The van der Waals surface area contributed by atoms with E-state index in [1.807, 2.05) is 84.9 Å². The maximum absolute atomic E-state index is 14.8. The summed E-state index contributed by atoms with van der Waals surface area (Å²) in [6, 6.07) is 57.2. The van der Waals surface area contributed by atoms with Crippen molar-refractivity contribution in [3.05, 3.63) is 170 Å². The molecule has 9 aromatic rings. The highest BCUT2D eigenvalue weighted by molar-refractivity contribution is 7.85. The zero-order valence-electron chi connectivity index (χ0n) is 25.4. The molecular formula is C43H28NO2P. The van der Waals surface area contributed by atoms with Crippen LogP contribution in [0.25, 0.3) is 66.0 Å². The maximum atomic E-state index is 14.8. The van der Waals surface area contributed by atoms with Gasteiger partial charge in [0.2, 0.25) is 0 Å². The second-order valence-corrected chi connectivity index (χ2v) is 14.6. The van der Waals surface area contributed by atoms with Crippen LogP contribution in [0.5, 0.6) is 0 Å². The highest BCUT2D eigenvalue weighted by atomic mass is 31.2. The van der Waals surface area contributed by atoms with Crippen LogP contribution in [-0.4, -0.2) is 4.98 Å². The summed E-state index contributed by atoms with van der Waals surface area (Å²) in [7, 11) is -3.03. The molecule has 0 aliphatic rings. The number of furan rings is 1. The summed E-state index contributed by atoms with van der Waals surface area (Å²) in [6.45, 7) is 0. The Balaban J connectivity index is 1.15. The third-order valence-electron chi connectivity index (χ3n) is 9.17. The van der Waals surface area contributed by atoms with Gasteiger partial charge in [-0.2, -0.15) is 0 Å². The van der Waals surface area contributed by atoms with Gasteiger partial charge in [0.25, 0.3) is 0 Å². The SMILES string of the molecule is O=P(c1ccccc1)(c1ccccc1)c1ccc(-c2ccc(-c3nc4c5ccccc5ccc4c4c3oc3ccccc34)cc2)cc1. The molecule has 47 heavy (non-hydrogen) atoms. The van der Waals surface area contributed by atoms with Gasteiger partial charge in [0.15, 0.2) is 12.7 Å². The molecule has 0 radical (unpaired) electrons. The van der Waals surface area contributed by atoms with Gasteiger partial charge in [-0.25, -0.2) is 4.98 Å². The van der Waals surface area contributed by atoms with Gasteiger partial charge in [0.1, 0.15) is 11.3 Å². The van der Waals surface area contributed by atoms with Crippen molar-refractivity contribution in [3.63, 3.8) is 0 Å². The van der Waals surface area contributed by atoms with Crippen molar-refractivity contribution in [1.82, 2.24) is 4.98 Å². The number of hydrogen-bond donors (Lipinski definition) is 0. The van der Waals surface area contributed by atoms with Crippen LogP contribution in [0.15, 0.2) is 174 Å². The average Bonchev–Trinajstić information content (AvgIpc) is 3.55. The van der Waals surface area contributed by atoms with Gasteiger partial charge in [-0.1, -0.05) is 164 Å². The molecule has 222 valence electrons. The molecule has 3 nitrogen and oxygen atoms in total. The fourth-order valence-corrected chi connectivity index (χ4v) is 9.47. The molecule has 9 rings (SSSR count). The van der Waals surface area contributed by atoms with Crippen LogP contribution in [0.3, 0.4) is 0 Å². The standard InChI is InChI=1S/C43H28NO2P/c45-47(33-12-3-1-4-13-33,34-14-5-2-6-15-34)35-26-23-30(24-27-35)29-19-21-32(22-20-29)41-43-40(37-17-9-10-18-39(37)46-43)38-28-25-31-11-7-8-16-36(31)42(38)44-41/h1-28H. The largest absolute Gasteiger partial charge is 0.454 e. The molecule has 0 fully saturated rings. The predicted octanol–water partition coefficient (Wildman–Crippen LogP) is 10.3. The molecule has 0 bridgehead atoms. The van der Waals surface area contributed by atoms with Crippen LogP contribution in [0.1, 0.15) is 0 Å². The van der Waals surface area contributed by atoms with Crippen molar-refractivity contribution in [2.24, 2.45) is 0 Å². The van der Waals surface area contributed by atoms with Gasteiger partial charge < -0.3 is 8.98 Å². The van der Waals surface area contributed by atoms with E-state index in [-0.39, 0.29) is 0 Å². The number of nitrogens with zero attached hydrogens (tertiary/aromatic N) is 1. The van der Waals surface area contributed by atoms with E-state index in [1.165, 1.54) is 0 Å². The summed E-state index contributed by atoms with van der Waals surface area (Å²) in [5.41, 5.74) is 6.56. The Morgan fingerprint density at radius 1 is 0.447 bits per heavy atom. The molecule has 0 aliphatic carbocycles. The second kappa shape index (κ2) is 10.9. The van der Waals surface area contributed by atoms with Crippen LogP contribution in [-0.2, 0) is 4.57 Å². The Morgan fingerprint density at radius 3 is 1.66 bits per heavy atom. The third kappa shape index (κ3) is 4.43. The molecular weight excluding hydrogens is 593 g/mol. The predicted molar refractivity (Wildman–Crippen MR) is 197 cm³/mol. The Kier molecular flexibility index (Phi) is 6.41. The lowest BCUT2D eigenvalue weighted by molar-refractivity contribution is 0.592. The number of benzene rings is 7. The Morgan fingerprint density at radius 2 is 0.979 bits per heavy atom. The van der Waals surface area contributed by atoms with Crippen molar-refractivity contribution in [1.29, 1.82) is 0 Å². The molecule has 0 atom stereocenters. The van der Waals surface area contributed by atoms with Crippen molar-refractivity contribution in [2.75, 3.05) is 0 Å². The zero-order chi connectivity index (χ0) is 31.4. The minimum Gasteiger partial charge on any atom is -0.454 e. The van der Waals surface area contributed by atoms with E-state index in [4.69, 9.17) is 9.40 Å². The molecule has 0 amide bonds. The first-order valence-corrected chi connectivity index (χ1v) is 17.4. The van der Waals surface area contributed by atoms with Crippen molar-refractivity contribution >= 4 is 66.7 Å². The molecule has 0 unspecified atom stereocenters. The molecule has 0 saturated carbocycles. The van der Waals surface area contributed by atoms with Gasteiger partial charge in [-0.15, -0.1) is 0 Å². The van der Waals surface area contributed by atoms with E-state index >= 15 is 0 Å². The molecule has 4 heteroatoms. The number of aromatic nitrogens is 1. The fraction of sp³-hybridized carbons (Fsp3) is 0. The van der Waals surface area contributed by atoms with Crippen molar-refractivity contribution in [2.45, 2.75) is 0 Å². The van der Waals surface area contributed by atoms with Crippen LogP contribution in [0.4, 0.5) is 0 Å². The lowest BCUT2D eigenvalue weighted by Gasteiger charge is -2.20. The number of hydrogen-bond acceptors (Lipinski definition) is 3. The summed E-state index contributed by atoms with van der Waals surface area (Å²) in [5, 5.41) is 8.03. The van der Waals surface area contributed by atoms with Gasteiger partial charge in [-0.05, 0) is 22.6 Å². The molecule has 0 N–H and O–H groups in total. The minimum atomic E-state index is -3.03. The van der Waals surface area contributed by atoms with Gasteiger partial charge in [0, 0.05) is 43.0 Å². The quantitative estimate of drug-likeness (QED) is 0.142. The van der Waals surface area contributed by atoms with Crippen molar-refractivity contribution < 1.29 is 8.98 Å². The molecule has 7 aromatic carbocycles. The molecule has 2 heterocycles. The Labute approximate surface area is 272 Å². The number of rotatable bonds is 5. The Bertz CT molecular complexity index is 2580. The summed E-state index contributed by atoms with van der Waals surface area (Å²) < 4.78 is 21.3. The fourth-order valence-electron chi connectivity index (χ4n) is 6.82. The number of para-hydroxylation sites is 1. The van der Waals surface area contributed by atoms with Crippen LogP contribution >= 0.6 is 7.14 Å². The first-order valence-electron chi connectivity index (χ1n) is 15.7. The highest BCUT2D eigenvalue weighted by Crippen LogP contribution is 2.43. The average molecular weight is 622 g/mol. The lowest BCUT2D eigenvalue weighted by atomic mass is 9.98.